The smallest absolute Gasteiger partial charge is 0.381 e. The standard InChI is InChI=1S/C22H20F4N2O2S/c1-13-16-5-6-17(22(24,25)26)28-20(16)31-18(13)19(29)27-12-21(7-9-30-10-8-21)14-3-2-4-15(23)11-14/h2-6,11H,7-10,12H2,1H3,(H,27,29). The van der Waals surface area contributed by atoms with Crippen molar-refractivity contribution in [3.63, 3.8) is 0 Å². The number of carbonyl (C=O) groups is 1. The molecule has 3 aromatic rings. The van der Waals surface area contributed by atoms with Gasteiger partial charge in [-0.25, -0.2) is 9.37 Å². The number of hydrogen-bond donors (Lipinski definition) is 1. The Balaban J connectivity index is 1.59. The zero-order valence-electron chi connectivity index (χ0n) is 16.7. The predicted molar refractivity (Wildman–Crippen MR) is 110 cm³/mol. The van der Waals surface area contributed by atoms with Crippen molar-refractivity contribution >= 4 is 27.5 Å². The van der Waals surface area contributed by atoms with Crippen molar-refractivity contribution in [3.05, 3.63) is 63.9 Å². The van der Waals surface area contributed by atoms with E-state index in [1.807, 2.05) is 6.07 Å². The number of benzene rings is 1. The van der Waals surface area contributed by atoms with Gasteiger partial charge in [0.25, 0.3) is 5.91 Å². The van der Waals surface area contributed by atoms with Crippen LogP contribution in [0.2, 0.25) is 0 Å². The maximum atomic E-state index is 13.8. The highest BCUT2D eigenvalue weighted by Gasteiger charge is 2.36. The van der Waals surface area contributed by atoms with Gasteiger partial charge in [-0.2, -0.15) is 13.2 Å². The first kappa shape index (κ1) is 21.7. The minimum atomic E-state index is -4.55. The number of aryl methyl sites for hydroxylation is 1. The van der Waals surface area contributed by atoms with Crippen molar-refractivity contribution in [1.29, 1.82) is 0 Å². The zero-order valence-corrected chi connectivity index (χ0v) is 17.5. The minimum Gasteiger partial charge on any atom is -0.381 e. The van der Waals surface area contributed by atoms with Crippen LogP contribution in [0, 0.1) is 12.7 Å². The first-order valence-electron chi connectivity index (χ1n) is 9.79. The van der Waals surface area contributed by atoms with Gasteiger partial charge in [0.05, 0.1) is 4.88 Å². The van der Waals surface area contributed by atoms with Crippen molar-refractivity contribution in [2.75, 3.05) is 19.8 Å². The summed E-state index contributed by atoms with van der Waals surface area (Å²) in [4.78, 5) is 17.1. The molecule has 1 aromatic carbocycles. The molecular weight excluding hydrogens is 432 g/mol. The summed E-state index contributed by atoms with van der Waals surface area (Å²) in [5, 5.41) is 3.44. The molecule has 3 heterocycles. The number of amides is 1. The number of aromatic nitrogens is 1. The third-order valence-corrected chi connectivity index (χ3v) is 6.97. The summed E-state index contributed by atoms with van der Waals surface area (Å²) in [6.07, 6.45) is -3.30. The molecule has 1 amide bonds. The number of pyridine rings is 1. The quantitative estimate of drug-likeness (QED) is 0.551. The average molecular weight is 452 g/mol. The van der Waals surface area contributed by atoms with Crippen molar-refractivity contribution in [2.45, 2.75) is 31.4 Å². The number of alkyl halides is 3. The molecule has 1 saturated heterocycles. The Kier molecular flexibility index (Phi) is 5.74. The molecule has 0 bridgehead atoms. The van der Waals surface area contributed by atoms with E-state index in [-0.39, 0.29) is 23.1 Å². The second-order valence-electron chi connectivity index (χ2n) is 7.69. The number of hydrogen-bond acceptors (Lipinski definition) is 4. The lowest BCUT2D eigenvalue weighted by Gasteiger charge is -2.38. The van der Waals surface area contributed by atoms with E-state index >= 15 is 0 Å². The van der Waals surface area contributed by atoms with E-state index in [2.05, 4.69) is 10.3 Å². The molecule has 1 fully saturated rings. The van der Waals surface area contributed by atoms with E-state index in [1.54, 1.807) is 13.0 Å². The van der Waals surface area contributed by atoms with Gasteiger partial charge >= 0.3 is 6.18 Å². The van der Waals surface area contributed by atoms with Crippen LogP contribution in [0.4, 0.5) is 17.6 Å². The van der Waals surface area contributed by atoms with Gasteiger partial charge in [0.2, 0.25) is 0 Å². The highest BCUT2D eigenvalue weighted by Crippen LogP contribution is 2.36. The predicted octanol–water partition coefficient (Wildman–Crippen LogP) is 5.24. The van der Waals surface area contributed by atoms with Gasteiger partial charge in [-0.1, -0.05) is 12.1 Å². The molecular formula is C22H20F4N2O2S. The summed E-state index contributed by atoms with van der Waals surface area (Å²) in [5.74, 6) is -0.724. The van der Waals surface area contributed by atoms with Crippen LogP contribution < -0.4 is 5.32 Å². The lowest BCUT2D eigenvalue weighted by Crippen LogP contribution is -2.44. The van der Waals surface area contributed by atoms with Crippen molar-refractivity contribution in [2.24, 2.45) is 0 Å². The molecule has 164 valence electrons. The van der Waals surface area contributed by atoms with Gasteiger partial charge in [-0.15, -0.1) is 11.3 Å². The molecule has 0 unspecified atom stereocenters. The fourth-order valence-corrected chi connectivity index (χ4v) is 5.05. The molecule has 9 heteroatoms. The lowest BCUT2D eigenvalue weighted by molar-refractivity contribution is -0.140. The zero-order chi connectivity index (χ0) is 22.2. The normalized spacial score (nSPS) is 16.4. The molecule has 4 nitrogen and oxygen atoms in total. The highest BCUT2D eigenvalue weighted by atomic mass is 32.1. The molecule has 0 radical (unpaired) electrons. The maximum absolute atomic E-state index is 13.8. The van der Waals surface area contributed by atoms with Crippen molar-refractivity contribution in [3.8, 4) is 0 Å². The Bertz CT molecular complexity index is 1120. The fraction of sp³-hybridized carbons (Fsp3) is 0.364. The Morgan fingerprint density at radius 2 is 1.97 bits per heavy atom. The molecule has 1 aliphatic rings. The Morgan fingerprint density at radius 3 is 2.65 bits per heavy atom. The van der Waals surface area contributed by atoms with Gasteiger partial charge in [0.15, 0.2) is 0 Å². The van der Waals surface area contributed by atoms with Gasteiger partial charge in [-0.05, 0) is 55.2 Å². The number of halogens is 4. The van der Waals surface area contributed by atoms with E-state index < -0.39 is 17.3 Å². The molecule has 2 aromatic heterocycles. The van der Waals surface area contributed by atoms with Crippen LogP contribution in [-0.4, -0.2) is 30.6 Å². The molecule has 1 aliphatic heterocycles. The third kappa shape index (κ3) is 4.29. The Labute approximate surface area is 180 Å². The highest BCUT2D eigenvalue weighted by molar-refractivity contribution is 7.20. The van der Waals surface area contributed by atoms with Gasteiger partial charge in [-0.3, -0.25) is 4.79 Å². The van der Waals surface area contributed by atoms with E-state index in [1.165, 1.54) is 18.2 Å². The minimum absolute atomic E-state index is 0.170. The molecule has 0 spiro atoms. The van der Waals surface area contributed by atoms with Crippen LogP contribution in [0.15, 0.2) is 36.4 Å². The Morgan fingerprint density at radius 1 is 1.23 bits per heavy atom. The van der Waals surface area contributed by atoms with Crippen LogP contribution in [-0.2, 0) is 16.3 Å². The molecule has 0 aliphatic carbocycles. The summed E-state index contributed by atoms with van der Waals surface area (Å²) in [6, 6.07) is 8.60. The topological polar surface area (TPSA) is 51.2 Å². The first-order valence-corrected chi connectivity index (χ1v) is 10.6. The SMILES string of the molecule is Cc1c(C(=O)NCC2(c3cccc(F)c3)CCOCC2)sc2nc(C(F)(F)F)ccc12. The molecule has 4 rings (SSSR count). The van der Waals surface area contributed by atoms with Crippen molar-refractivity contribution in [1.82, 2.24) is 10.3 Å². The van der Waals surface area contributed by atoms with E-state index in [9.17, 15) is 22.4 Å². The number of ether oxygens (including phenoxy) is 1. The van der Waals surface area contributed by atoms with Crippen LogP contribution in [0.1, 0.15) is 39.3 Å². The number of nitrogens with one attached hydrogen (secondary N) is 1. The van der Waals surface area contributed by atoms with E-state index in [0.717, 1.165) is 23.0 Å². The van der Waals surface area contributed by atoms with Crippen LogP contribution >= 0.6 is 11.3 Å². The molecule has 31 heavy (non-hydrogen) atoms. The second-order valence-corrected chi connectivity index (χ2v) is 8.69. The van der Waals surface area contributed by atoms with Crippen LogP contribution in [0.25, 0.3) is 10.2 Å². The van der Waals surface area contributed by atoms with E-state index in [0.29, 0.717) is 41.9 Å². The largest absolute Gasteiger partial charge is 0.433 e. The number of fused-ring (bicyclic) bond motifs is 1. The number of thiophene rings is 1. The van der Waals surface area contributed by atoms with Gasteiger partial charge in [0.1, 0.15) is 16.3 Å². The maximum Gasteiger partial charge on any atom is 0.433 e. The van der Waals surface area contributed by atoms with Crippen molar-refractivity contribution < 1.29 is 27.1 Å². The molecule has 0 atom stereocenters. The summed E-state index contributed by atoms with van der Waals surface area (Å²) >= 11 is 0.938. The monoisotopic (exact) mass is 452 g/mol. The summed E-state index contributed by atoms with van der Waals surface area (Å²) in [7, 11) is 0. The average Bonchev–Trinajstić information content (AvgIpc) is 3.08. The van der Waals surface area contributed by atoms with Gasteiger partial charge < -0.3 is 10.1 Å². The molecule has 1 N–H and O–H groups in total. The van der Waals surface area contributed by atoms with Crippen LogP contribution in [0.3, 0.4) is 0 Å². The lowest BCUT2D eigenvalue weighted by atomic mass is 9.74. The summed E-state index contributed by atoms with van der Waals surface area (Å²) < 4.78 is 58.2. The number of nitrogens with zero attached hydrogens (tertiary/aromatic N) is 1. The van der Waals surface area contributed by atoms with E-state index in [4.69, 9.17) is 4.74 Å². The first-order chi connectivity index (χ1) is 14.7. The third-order valence-electron chi connectivity index (χ3n) is 5.77. The summed E-state index contributed by atoms with van der Waals surface area (Å²) in [6.45, 7) is 2.96. The fourth-order valence-electron chi connectivity index (χ4n) is 3.95. The number of rotatable bonds is 4. The number of carbonyl (C=O) groups excluding carboxylic acids is 1. The van der Waals surface area contributed by atoms with Crippen LogP contribution in [0.5, 0.6) is 0 Å². The molecule has 0 saturated carbocycles. The second kappa shape index (κ2) is 8.20. The summed E-state index contributed by atoms with van der Waals surface area (Å²) in [5.41, 5.74) is -0.0749. The Hall–Kier alpha value is -2.52. The van der Waals surface area contributed by atoms with Gasteiger partial charge in [0, 0.05) is 30.6 Å².